The largest absolute Gasteiger partial charge is 0.329 e. The van der Waals surface area contributed by atoms with E-state index in [0.29, 0.717) is 6.04 Å². The fraction of sp³-hybridized carbons (Fsp3) is 1.00. The van der Waals surface area contributed by atoms with Gasteiger partial charge in [-0.1, -0.05) is 32.1 Å². The molecule has 1 aliphatic heterocycles. The van der Waals surface area contributed by atoms with Gasteiger partial charge in [0.05, 0.1) is 0 Å². The second-order valence-corrected chi connectivity index (χ2v) is 5.07. The summed E-state index contributed by atoms with van der Waals surface area (Å²) in [7, 11) is 0. The van der Waals surface area contributed by atoms with Gasteiger partial charge in [-0.25, -0.2) is 0 Å². The Labute approximate surface area is 87.6 Å². The van der Waals surface area contributed by atoms with Crippen molar-refractivity contribution in [3.05, 3.63) is 0 Å². The Morgan fingerprint density at radius 1 is 1.00 bits per heavy atom. The Kier molecular flexibility index (Phi) is 3.82. The van der Waals surface area contributed by atoms with Crippen LogP contribution in [-0.2, 0) is 0 Å². The number of piperidine rings is 1. The van der Waals surface area contributed by atoms with Gasteiger partial charge in [-0.2, -0.15) is 0 Å². The van der Waals surface area contributed by atoms with E-state index in [2.05, 4.69) is 5.32 Å². The molecule has 1 saturated heterocycles. The van der Waals surface area contributed by atoms with Gasteiger partial charge < -0.3 is 11.1 Å². The molecule has 0 aromatic heterocycles. The summed E-state index contributed by atoms with van der Waals surface area (Å²) < 4.78 is 0. The summed E-state index contributed by atoms with van der Waals surface area (Å²) >= 11 is 0. The van der Waals surface area contributed by atoms with Crippen LogP contribution in [0.4, 0.5) is 0 Å². The van der Waals surface area contributed by atoms with Crippen LogP contribution in [0.25, 0.3) is 0 Å². The molecule has 1 saturated carbocycles. The SMILES string of the molecule is NCC1CC(C2CCCCC2)CCN1. The zero-order chi connectivity index (χ0) is 9.80. The zero-order valence-corrected chi connectivity index (χ0v) is 9.17. The minimum Gasteiger partial charge on any atom is -0.329 e. The highest BCUT2D eigenvalue weighted by molar-refractivity contribution is 4.84. The maximum absolute atomic E-state index is 5.73. The van der Waals surface area contributed by atoms with E-state index >= 15 is 0 Å². The summed E-state index contributed by atoms with van der Waals surface area (Å²) in [5.41, 5.74) is 5.73. The average molecular weight is 196 g/mol. The van der Waals surface area contributed by atoms with Crippen molar-refractivity contribution in [3.63, 3.8) is 0 Å². The first kappa shape index (κ1) is 10.4. The highest BCUT2D eigenvalue weighted by Crippen LogP contribution is 2.35. The molecule has 2 fully saturated rings. The molecule has 3 N–H and O–H groups in total. The molecule has 0 bridgehead atoms. The predicted octanol–water partition coefficient (Wildman–Crippen LogP) is 1.89. The van der Waals surface area contributed by atoms with Gasteiger partial charge in [-0.15, -0.1) is 0 Å². The number of nitrogens with two attached hydrogens (primary N) is 1. The molecule has 0 spiro atoms. The van der Waals surface area contributed by atoms with Crippen LogP contribution in [0.5, 0.6) is 0 Å². The highest BCUT2D eigenvalue weighted by Gasteiger charge is 2.28. The van der Waals surface area contributed by atoms with Gasteiger partial charge in [0.2, 0.25) is 0 Å². The van der Waals surface area contributed by atoms with Gasteiger partial charge in [0.15, 0.2) is 0 Å². The van der Waals surface area contributed by atoms with Gasteiger partial charge in [0.25, 0.3) is 0 Å². The third kappa shape index (κ3) is 2.48. The van der Waals surface area contributed by atoms with Crippen LogP contribution in [-0.4, -0.2) is 19.1 Å². The fourth-order valence-corrected chi connectivity index (χ4v) is 3.25. The molecule has 82 valence electrons. The van der Waals surface area contributed by atoms with Gasteiger partial charge in [0.1, 0.15) is 0 Å². The quantitative estimate of drug-likeness (QED) is 0.708. The van der Waals surface area contributed by atoms with Crippen LogP contribution in [0.15, 0.2) is 0 Å². The van der Waals surface area contributed by atoms with E-state index in [0.717, 1.165) is 18.4 Å². The first-order chi connectivity index (χ1) is 6.90. The van der Waals surface area contributed by atoms with E-state index in [1.54, 1.807) is 0 Å². The third-order valence-corrected chi connectivity index (χ3v) is 4.14. The van der Waals surface area contributed by atoms with Gasteiger partial charge in [-0.05, 0) is 31.2 Å². The molecule has 2 rings (SSSR count). The third-order valence-electron chi connectivity index (χ3n) is 4.14. The standard InChI is InChI=1S/C12H24N2/c13-9-12-8-11(6-7-14-12)10-4-2-1-3-5-10/h10-12,14H,1-9,13H2. The predicted molar refractivity (Wildman–Crippen MR) is 60.1 cm³/mol. The molecule has 1 aliphatic carbocycles. The summed E-state index contributed by atoms with van der Waals surface area (Å²) in [6.07, 6.45) is 10.1. The lowest BCUT2D eigenvalue weighted by molar-refractivity contribution is 0.179. The Morgan fingerprint density at radius 2 is 1.79 bits per heavy atom. The molecule has 2 heteroatoms. The molecule has 0 radical (unpaired) electrons. The minimum absolute atomic E-state index is 0.607. The Balaban J connectivity index is 1.83. The van der Waals surface area contributed by atoms with E-state index in [4.69, 9.17) is 5.73 Å². The van der Waals surface area contributed by atoms with Crippen molar-refractivity contribution in [1.29, 1.82) is 0 Å². The van der Waals surface area contributed by atoms with Crippen molar-refractivity contribution in [1.82, 2.24) is 5.32 Å². The Hall–Kier alpha value is -0.0800. The van der Waals surface area contributed by atoms with Crippen LogP contribution in [0.1, 0.15) is 44.9 Å². The van der Waals surface area contributed by atoms with Crippen molar-refractivity contribution in [2.24, 2.45) is 17.6 Å². The maximum Gasteiger partial charge on any atom is 0.0193 e. The average Bonchev–Trinajstić information content (AvgIpc) is 2.30. The van der Waals surface area contributed by atoms with E-state index in [-0.39, 0.29) is 0 Å². The highest BCUT2D eigenvalue weighted by atomic mass is 14.9. The fourth-order valence-electron chi connectivity index (χ4n) is 3.25. The summed E-state index contributed by atoms with van der Waals surface area (Å²) in [6.45, 7) is 2.02. The molecule has 2 atom stereocenters. The lowest BCUT2D eigenvalue weighted by atomic mass is 9.74. The van der Waals surface area contributed by atoms with Crippen molar-refractivity contribution in [2.45, 2.75) is 51.0 Å². The monoisotopic (exact) mass is 196 g/mol. The number of rotatable bonds is 2. The van der Waals surface area contributed by atoms with Crippen molar-refractivity contribution in [3.8, 4) is 0 Å². The van der Waals surface area contributed by atoms with E-state index in [1.807, 2.05) is 0 Å². The van der Waals surface area contributed by atoms with E-state index < -0.39 is 0 Å². The molecule has 2 nitrogen and oxygen atoms in total. The summed E-state index contributed by atoms with van der Waals surface area (Å²) in [5, 5.41) is 3.51. The van der Waals surface area contributed by atoms with Crippen molar-refractivity contribution >= 4 is 0 Å². The van der Waals surface area contributed by atoms with Crippen LogP contribution in [0.2, 0.25) is 0 Å². The molecule has 2 aliphatic rings. The van der Waals surface area contributed by atoms with Crippen LogP contribution < -0.4 is 11.1 Å². The lowest BCUT2D eigenvalue weighted by Crippen LogP contribution is -2.44. The van der Waals surface area contributed by atoms with Gasteiger partial charge in [-0.3, -0.25) is 0 Å². The van der Waals surface area contributed by atoms with Crippen molar-refractivity contribution in [2.75, 3.05) is 13.1 Å². The molecule has 14 heavy (non-hydrogen) atoms. The molecular formula is C12H24N2. The van der Waals surface area contributed by atoms with E-state index in [9.17, 15) is 0 Å². The van der Waals surface area contributed by atoms with E-state index in [1.165, 1.54) is 51.5 Å². The van der Waals surface area contributed by atoms with Gasteiger partial charge >= 0.3 is 0 Å². The second kappa shape index (κ2) is 5.13. The maximum atomic E-state index is 5.73. The minimum atomic E-state index is 0.607. The van der Waals surface area contributed by atoms with Crippen LogP contribution in [0.3, 0.4) is 0 Å². The molecule has 2 unspecified atom stereocenters. The first-order valence-electron chi connectivity index (χ1n) is 6.33. The first-order valence-corrected chi connectivity index (χ1v) is 6.33. The molecule has 0 aromatic carbocycles. The topological polar surface area (TPSA) is 38.0 Å². The Morgan fingerprint density at radius 3 is 2.50 bits per heavy atom. The second-order valence-electron chi connectivity index (χ2n) is 5.07. The van der Waals surface area contributed by atoms with Crippen molar-refractivity contribution < 1.29 is 0 Å². The number of hydrogen-bond donors (Lipinski definition) is 2. The van der Waals surface area contributed by atoms with Crippen LogP contribution in [0, 0.1) is 11.8 Å². The normalized spacial score (nSPS) is 35.8. The summed E-state index contributed by atoms with van der Waals surface area (Å²) in [5.74, 6) is 2.00. The molecular weight excluding hydrogens is 172 g/mol. The Bertz CT molecular complexity index is 164. The zero-order valence-electron chi connectivity index (χ0n) is 9.17. The summed E-state index contributed by atoms with van der Waals surface area (Å²) in [4.78, 5) is 0. The van der Waals surface area contributed by atoms with Crippen LogP contribution >= 0.6 is 0 Å². The smallest absolute Gasteiger partial charge is 0.0193 e. The molecule has 0 aromatic rings. The molecule has 1 heterocycles. The molecule has 0 amide bonds. The lowest BCUT2D eigenvalue weighted by Gasteiger charge is -2.36. The number of hydrogen-bond acceptors (Lipinski definition) is 2. The number of nitrogens with one attached hydrogen (secondary N) is 1. The summed E-state index contributed by atoms with van der Waals surface area (Å²) in [6, 6.07) is 0.607. The van der Waals surface area contributed by atoms with Gasteiger partial charge in [0, 0.05) is 12.6 Å².